The number of rotatable bonds is 6. The van der Waals surface area contributed by atoms with Gasteiger partial charge in [-0.25, -0.2) is 15.4 Å². The van der Waals surface area contributed by atoms with Gasteiger partial charge in [-0.2, -0.15) is 5.10 Å². The van der Waals surface area contributed by atoms with E-state index in [2.05, 4.69) is 56.7 Å². The van der Waals surface area contributed by atoms with E-state index >= 15 is 0 Å². The lowest BCUT2D eigenvalue weighted by Crippen LogP contribution is -2.00. The van der Waals surface area contributed by atoms with Crippen molar-refractivity contribution in [1.82, 2.24) is 15.0 Å². The highest BCUT2D eigenvalue weighted by atomic mass is 16.5. The number of methoxy groups -OCH3 is 1. The van der Waals surface area contributed by atoms with Gasteiger partial charge in [0.05, 0.1) is 24.7 Å². The van der Waals surface area contributed by atoms with Crippen molar-refractivity contribution in [3.63, 3.8) is 0 Å². The summed E-state index contributed by atoms with van der Waals surface area (Å²) in [6.45, 7) is 2.06. The Balaban J connectivity index is 1.69. The number of pyridine rings is 1. The molecule has 0 fully saturated rings. The fourth-order valence-corrected chi connectivity index (χ4v) is 2.90. The molecule has 0 spiro atoms. The normalized spacial score (nSPS) is 10.9. The van der Waals surface area contributed by atoms with Crippen LogP contribution in [0.4, 0.5) is 5.95 Å². The van der Waals surface area contributed by atoms with Gasteiger partial charge in [0.1, 0.15) is 5.75 Å². The number of nitrogens with one attached hydrogen (secondary N) is 1. The number of aryl methyl sites for hydroxylation is 1. The van der Waals surface area contributed by atoms with Gasteiger partial charge in [0.2, 0.25) is 5.95 Å². The highest BCUT2D eigenvalue weighted by molar-refractivity contribution is 5.79. The molecule has 0 amide bonds. The van der Waals surface area contributed by atoms with Gasteiger partial charge in [-0.05, 0) is 43.3 Å². The van der Waals surface area contributed by atoms with Crippen molar-refractivity contribution in [2.24, 2.45) is 5.10 Å². The predicted molar refractivity (Wildman–Crippen MR) is 120 cm³/mol. The Morgan fingerprint density at radius 2 is 1.57 bits per heavy atom. The lowest BCUT2D eigenvalue weighted by atomic mass is 10.1. The van der Waals surface area contributed by atoms with Crippen molar-refractivity contribution in [2.45, 2.75) is 6.92 Å². The molecule has 0 radical (unpaired) electrons. The summed E-state index contributed by atoms with van der Waals surface area (Å²) < 4.78 is 5.26. The minimum absolute atomic E-state index is 0.416. The summed E-state index contributed by atoms with van der Waals surface area (Å²) >= 11 is 0. The van der Waals surface area contributed by atoms with Crippen molar-refractivity contribution in [2.75, 3.05) is 12.5 Å². The van der Waals surface area contributed by atoms with Crippen molar-refractivity contribution in [3.8, 4) is 28.3 Å². The van der Waals surface area contributed by atoms with Crippen LogP contribution in [0.15, 0.2) is 84.2 Å². The fourth-order valence-electron chi connectivity index (χ4n) is 2.90. The van der Waals surface area contributed by atoms with Gasteiger partial charge in [-0.3, -0.25) is 4.98 Å². The van der Waals surface area contributed by atoms with Gasteiger partial charge in [-0.15, -0.1) is 0 Å². The average Bonchev–Trinajstić information content (AvgIpc) is 2.80. The molecule has 0 aliphatic rings. The number of ether oxygens (including phenoxy) is 1. The van der Waals surface area contributed by atoms with E-state index in [0.717, 1.165) is 33.8 Å². The van der Waals surface area contributed by atoms with E-state index in [4.69, 9.17) is 4.74 Å². The first kappa shape index (κ1) is 19.3. The molecule has 4 aromatic rings. The van der Waals surface area contributed by atoms with E-state index < -0.39 is 0 Å². The van der Waals surface area contributed by atoms with Gasteiger partial charge < -0.3 is 4.74 Å². The van der Waals surface area contributed by atoms with Crippen LogP contribution in [-0.2, 0) is 0 Å². The Morgan fingerprint density at radius 1 is 0.900 bits per heavy atom. The van der Waals surface area contributed by atoms with Crippen LogP contribution >= 0.6 is 0 Å². The lowest BCUT2D eigenvalue weighted by molar-refractivity contribution is 0.415. The summed E-state index contributed by atoms with van der Waals surface area (Å²) in [6.07, 6.45) is 5.14. The van der Waals surface area contributed by atoms with Gasteiger partial charge in [0.25, 0.3) is 0 Å². The van der Waals surface area contributed by atoms with Gasteiger partial charge in [-0.1, -0.05) is 35.9 Å². The summed E-state index contributed by atoms with van der Waals surface area (Å²) in [5, 5.41) is 4.26. The first-order valence-electron chi connectivity index (χ1n) is 9.51. The highest BCUT2D eigenvalue weighted by Crippen LogP contribution is 2.26. The third-order valence-corrected chi connectivity index (χ3v) is 4.52. The van der Waals surface area contributed by atoms with Crippen LogP contribution in [0.5, 0.6) is 5.75 Å². The summed E-state index contributed by atoms with van der Waals surface area (Å²) in [5.41, 5.74) is 8.61. The maximum absolute atomic E-state index is 5.26. The molecule has 0 unspecified atom stereocenters. The van der Waals surface area contributed by atoms with Crippen LogP contribution in [-0.4, -0.2) is 28.3 Å². The molecule has 0 aliphatic carbocycles. The molecule has 2 aromatic heterocycles. The Bertz CT molecular complexity index is 1140. The maximum atomic E-state index is 5.26. The first-order valence-corrected chi connectivity index (χ1v) is 9.51. The zero-order valence-corrected chi connectivity index (χ0v) is 16.8. The first-order chi connectivity index (χ1) is 14.7. The molecule has 4 rings (SSSR count). The number of hydrogen-bond acceptors (Lipinski definition) is 6. The molecule has 0 saturated heterocycles. The quantitative estimate of drug-likeness (QED) is 0.369. The van der Waals surface area contributed by atoms with E-state index in [1.807, 2.05) is 42.5 Å². The summed E-state index contributed by atoms with van der Waals surface area (Å²) in [6, 6.07) is 21.8. The zero-order chi connectivity index (χ0) is 20.8. The molecular weight excluding hydrogens is 374 g/mol. The van der Waals surface area contributed by atoms with Gasteiger partial charge in [0, 0.05) is 29.1 Å². The van der Waals surface area contributed by atoms with E-state index in [9.17, 15) is 0 Å². The fraction of sp³-hybridized carbons (Fsp3) is 0.0833. The van der Waals surface area contributed by atoms with Crippen LogP contribution in [0, 0.1) is 6.92 Å². The molecule has 30 heavy (non-hydrogen) atoms. The molecule has 0 aliphatic heterocycles. The molecule has 0 saturated carbocycles. The predicted octanol–water partition coefficient (Wildman–Crippen LogP) is 4.97. The monoisotopic (exact) mass is 395 g/mol. The third kappa shape index (κ3) is 4.67. The summed E-state index contributed by atoms with van der Waals surface area (Å²) in [7, 11) is 1.65. The summed E-state index contributed by atoms with van der Waals surface area (Å²) in [5.74, 6) is 1.21. The van der Waals surface area contributed by atoms with Crippen LogP contribution in [0.3, 0.4) is 0 Å². The van der Waals surface area contributed by atoms with Gasteiger partial charge in [0.15, 0.2) is 0 Å². The van der Waals surface area contributed by atoms with E-state index in [1.165, 1.54) is 5.56 Å². The van der Waals surface area contributed by atoms with Crippen LogP contribution in [0.2, 0.25) is 0 Å². The molecule has 148 valence electrons. The Hall–Kier alpha value is -4.06. The molecule has 1 N–H and O–H groups in total. The molecule has 2 aromatic carbocycles. The summed E-state index contributed by atoms with van der Waals surface area (Å²) in [4.78, 5) is 13.4. The minimum atomic E-state index is 0.416. The lowest BCUT2D eigenvalue weighted by Gasteiger charge is -2.09. The Labute approximate surface area is 175 Å². The SMILES string of the molecule is COc1ccc(-c2cc(-c3ccc(C)cc3)nc(N/N=C/c3cccnc3)n2)cc1. The molecule has 2 heterocycles. The second-order valence-electron chi connectivity index (χ2n) is 6.71. The smallest absolute Gasteiger partial charge is 0.244 e. The van der Waals surface area contributed by atoms with Crippen LogP contribution in [0.1, 0.15) is 11.1 Å². The standard InChI is InChI=1S/C24H21N5O/c1-17-5-7-19(8-6-17)22-14-23(20-9-11-21(30-2)12-10-20)28-24(27-22)29-26-16-18-4-3-13-25-15-18/h3-16H,1-2H3,(H,27,28,29)/b26-16+. The number of nitrogens with zero attached hydrogens (tertiary/aromatic N) is 4. The molecule has 0 bridgehead atoms. The maximum Gasteiger partial charge on any atom is 0.244 e. The topological polar surface area (TPSA) is 72.3 Å². The van der Waals surface area contributed by atoms with Crippen molar-refractivity contribution < 1.29 is 4.74 Å². The van der Waals surface area contributed by atoms with E-state index in [0.29, 0.717) is 5.95 Å². The Kier molecular flexibility index (Phi) is 5.75. The average molecular weight is 395 g/mol. The second kappa shape index (κ2) is 8.96. The molecular formula is C24H21N5O. The molecule has 6 heteroatoms. The number of hydrazone groups is 1. The van der Waals surface area contributed by atoms with E-state index in [-0.39, 0.29) is 0 Å². The third-order valence-electron chi connectivity index (χ3n) is 4.52. The molecule has 0 atom stereocenters. The van der Waals surface area contributed by atoms with Crippen molar-refractivity contribution in [1.29, 1.82) is 0 Å². The number of hydrogen-bond donors (Lipinski definition) is 1. The van der Waals surface area contributed by atoms with Crippen molar-refractivity contribution >= 4 is 12.2 Å². The Morgan fingerprint density at radius 3 is 2.17 bits per heavy atom. The zero-order valence-electron chi connectivity index (χ0n) is 16.8. The minimum Gasteiger partial charge on any atom is -0.497 e. The number of aromatic nitrogens is 3. The van der Waals surface area contributed by atoms with Crippen molar-refractivity contribution in [3.05, 3.63) is 90.3 Å². The highest BCUT2D eigenvalue weighted by Gasteiger charge is 2.09. The number of benzene rings is 2. The van der Waals surface area contributed by atoms with Crippen LogP contribution in [0.25, 0.3) is 22.5 Å². The van der Waals surface area contributed by atoms with Crippen LogP contribution < -0.4 is 10.2 Å². The largest absolute Gasteiger partial charge is 0.497 e. The van der Waals surface area contributed by atoms with E-state index in [1.54, 1.807) is 25.7 Å². The molecule has 6 nitrogen and oxygen atoms in total. The second-order valence-corrected chi connectivity index (χ2v) is 6.71. The number of anilines is 1. The van der Waals surface area contributed by atoms with Gasteiger partial charge >= 0.3 is 0 Å².